The van der Waals surface area contributed by atoms with Gasteiger partial charge in [0.25, 0.3) is 0 Å². The van der Waals surface area contributed by atoms with Crippen LogP contribution in [0.3, 0.4) is 0 Å². The van der Waals surface area contributed by atoms with Gasteiger partial charge in [0.1, 0.15) is 5.69 Å². The summed E-state index contributed by atoms with van der Waals surface area (Å²) in [6.07, 6.45) is 0. The van der Waals surface area contributed by atoms with Gasteiger partial charge in [-0.2, -0.15) is 0 Å². The Morgan fingerprint density at radius 1 is 1.50 bits per heavy atom. The Labute approximate surface area is 119 Å². The van der Waals surface area contributed by atoms with Crippen LogP contribution >= 0.6 is 11.8 Å². The lowest BCUT2D eigenvalue weighted by molar-refractivity contribution is 0.0690. The minimum atomic E-state index is -1.06. The topological polar surface area (TPSA) is 101 Å². The maximum Gasteiger partial charge on any atom is 0.354 e. The van der Waals surface area contributed by atoms with Crippen LogP contribution in [0.4, 0.5) is 0 Å². The molecule has 2 aromatic rings. The number of hydrogen-bond acceptors (Lipinski definition) is 5. The summed E-state index contributed by atoms with van der Waals surface area (Å²) in [5.74, 6) is -0.617. The van der Waals surface area contributed by atoms with Crippen molar-refractivity contribution in [2.75, 3.05) is 0 Å². The van der Waals surface area contributed by atoms with Crippen LogP contribution in [0.5, 0.6) is 0 Å². The lowest BCUT2D eigenvalue weighted by Gasteiger charge is -2.08. The van der Waals surface area contributed by atoms with E-state index < -0.39 is 5.97 Å². The van der Waals surface area contributed by atoms with Crippen molar-refractivity contribution in [2.24, 2.45) is 0 Å². The van der Waals surface area contributed by atoms with E-state index >= 15 is 0 Å². The van der Waals surface area contributed by atoms with Gasteiger partial charge in [-0.15, -0.1) is 5.10 Å². The monoisotopic (exact) mass is 294 g/mol. The lowest BCUT2D eigenvalue weighted by atomic mass is 10.3. The Bertz CT molecular complexity index is 677. The van der Waals surface area contributed by atoms with Crippen molar-refractivity contribution in [3.8, 4) is 0 Å². The first-order chi connectivity index (χ1) is 9.49. The molecule has 20 heavy (non-hydrogen) atoms. The van der Waals surface area contributed by atoms with Crippen molar-refractivity contribution < 1.29 is 9.90 Å². The Morgan fingerprint density at radius 3 is 2.90 bits per heavy atom. The number of carboxylic acids is 1. The summed E-state index contributed by atoms with van der Waals surface area (Å²) in [6, 6.07) is 4.83. The third-order valence-corrected chi connectivity index (χ3v) is 3.55. The highest BCUT2D eigenvalue weighted by Gasteiger charge is 2.12. The molecule has 0 fully saturated rings. The number of hydrogen-bond donors (Lipinski definition) is 2. The van der Waals surface area contributed by atoms with Crippen molar-refractivity contribution in [3.63, 3.8) is 0 Å². The van der Waals surface area contributed by atoms with Gasteiger partial charge >= 0.3 is 11.7 Å². The molecule has 2 rings (SSSR count). The van der Waals surface area contributed by atoms with Gasteiger partial charge in [0.05, 0.1) is 5.69 Å². The molecule has 2 heterocycles. The number of H-pyrrole nitrogens is 1. The van der Waals surface area contributed by atoms with Crippen LogP contribution in [0.1, 0.15) is 36.1 Å². The quantitative estimate of drug-likeness (QED) is 0.811. The van der Waals surface area contributed by atoms with Gasteiger partial charge in [-0.1, -0.05) is 17.8 Å². The fourth-order valence-electron chi connectivity index (χ4n) is 1.67. The standard InChI is InChI=1S/C12H14N4O3S/c1-7(2)16-11(19)14-15-12(16)20-6-8-4-3-5-9(13-8)10(17)18/h3-5,7H,6H2,1-2H3,(H,14,19)(H,17,18). The molecule has 0 aliphatic rings. The minimum absolute atomic E-state index is 0.00191. The summed E-state index contributed by atoms with van der Waals surface area (Å²) in [6.45, 7) is 3.79. The lowest BCUT2D eigenvalue weighted by Crippen LogP contribution is -2.19. The van der Waals surface area contributed by atoms with Gasteiger partial charge in [0.15, 0.2) is 5.16 Å². The van der Waals surface area contributed by atoms with Crippen LogP contribution in [-0.4, -0.2) is 30.8 Å². The van der Waals surface area contributed by atoms with Crippen LogP contribution in [-0.2, 0) is 5.75 Å². The number of carbonyl (C=O) groups is 1. The SMILES string of the molecule is CC(C)n1c(SCc2cccc(C(=O)O)n2)n[nH]c1=O. The van der Waals surface area contributed by atoms with E-state index in [9.17, 15) is 9.59 Å². The largest absolute Gasteiger partial charge is 0.477 e. The van der Waals surface area contributed by atoms with E-state index in [4.69, 9.17) is 5.11 Å². The number of thioether (sulfide) groups is 1. The van der Waals surface area contributed by atoms with Crippen molar-refractivity contribution >= 4 is 17.7 Å². The number of nitrogens with zero attached hydrogens (tertiary/aromatic N) is 3. The summed E-state index contributed by atoms with van der Waals surface area (Å²) in [4.78, 5) is 26.4. The predicted molar refractivity (Wildman–Crippen MR) is 74.0 cm³/mol. The number of aromatic amines is 1. The summed E-state index contributed by atoms with van der Waals surface area (Å²) < 4.78 is 1.55. The Hall–Kier alpha value is -2.09. The second-order valence-electron chi connectivity index (χ2n) is 4.38. The van der Waals surface area contributed by atoms with Gasteiger partial charge in [-0.05, 0) is 26.0 Å². The van der Waals surface area contributed by atoms with Crippen molar-refractivity contribution in [1.82, 2.24) is 19.7 Å². The number of pyridine rings is 1. The normalized spacial score (nSPS) is 10.9. The zero-order valence-corrected chi connectivity index (χ0v) is 11.8. The second-order valence-corrected chi connectivity index (χ2v) is 5.33. The van der Waals surface area contributed by atoms with Crippen LogP contribution in [0.15, 0.2) is 28.2 Å². The van der Waals surface area contributed by atoms with Crippen LogP contribution in [0.2, 0.25) is 0 Å². The molecule has 0 radical (unpaired) electrons. The van der Waals surface area contributed by atoms with Crippen molar-refractivity contribution in [1.29, 1.82) is 0 Å². The molecule has 7 nitrogen and oxygen atoms in total. The van der Waals surface area contributed by atoms with E-state index in [1.807, 2.05) is 13.8 Å². The molecule has 0 atom stereocenters. The van der Waals surface area contributed by atoms with Crippen LogP contribution < -0.4 is 5.69 Å². The number of rotatable bonds is 5. The first-order valence-electron chi connectivity index (χ1n) is 5.98. The Morgan fingerprint density at radius 2 is 2.25 bits per heavy atom. The predicted octanol–water partition coefficient (Wildman–Crippen LogP) is 1.54. The minimum Gasteiger partial charge on any atom is -0.477 e. The molecule has 0 unspecified atom stereocenters. The molecule has 0 amide bonds. The van der Waals surface area contributed by atoms with Gasteiger partial charge in [0.2, 0.25) is 0 Å². The summed E-state index contributed by atoms with van der Waals surface area (Å²) in [5, 5.41) is 15.8. The Balaban J connectivity index is 2.15. The molecular weight excluding hydrogens is 280 g/mol. The van der Waals surface area contributed by atoms with Crippen LogP contribution in [0.25, 0.3) is 0 Å². The molecule has 0 saturated carbocycles. The fraction of sp³-hybridized carbons (Fsp3) is 0.333. The third kappa shape index (κ3) is 3.08. The molecule has 2 aromatic heterocycles. The van der Waals surface area contributed by atoms with E-state index in [2.05, 4.69) is 15.2 Å². The van der Waals surface area contributed by atoms with Gasteiger partial charge < -0.3 is 5.11 Å². The van der Waals surface area contributed by atoms with Crippen molar-refractivity contribution in [2.45, 2.75) is 30.8 Å². The van der Waals surface area contributed by atoms with Gasteiger partial charge in [-0.3, -0.25) is 4.57 Å². The van der Waals surface area contributed by atoms with E-state index in [0.717, 1.165) is 0 Å². The average molecular weight is 294 g/mol. The smallest absolute Gasteiger partial charge is 0.354 e. The number of nitrogens with one attached hydrogen (secondary N) is 1. The van der Waals surface area contributed by atoms with E-state index in [1.54, 1.807) is 16.7 Å². The molecule has 0 saturated heterocycles. The number of aromatic nitrogens is 4. The number of carboxylic acid groups (broad SMARTS) is 1. The first-order valence-corrected chi connectivity index (χ1v) is 6.96. The second kappa shape index (κ2) is 5.91. The van der Waals surface area contributed by atoms with Crippen LogP contribution in [0, 0.1) is 0 Å². The highest BCUT2D eigenvalue weighted by Crippen LogP contribution is 2.20. The average Bonchev–Trinajstić information content (AvgIpc) is 2.78. The summed E-state index contributed by atoms with van der Waals surface area (Å²) in [7, 11) is 0. The fourth-order valence-corrected chi connectivity index (χ4v) is 2.65. The molecule has 106 valence electrons. The van der Waals surface area contributed by atoms with E-state index in [-0.39, 0.29) is 17.4 Å². The molecular formula is C12H14N4O3S. The molecule has 0 spiro atoms. The zero-order chi connectivity index (χ0) is 14.7. The number of aromatic carboxylic acids is 1. The molecule has 8 heteroatoms. The Kier molecular flexibility index (Phi) is 4.23. The molecule has 0 aromatic carbocycles. The van der Waals surface area contributed by atoms with Gasteiger partial charge in [0, 0.05) is 11.8 Å². The van der Waals surface area contributed by atoms with E-state index in [1.165, 1.54) is 17.8 Å². The molecule has 0 aliphatic carbocycles. The zero-order valence-electron chi connectivity index (χ0n) is 11.0. The highest BCUT2D eigenvalue weighted by molar-refractivity contribution is 7.98. The van der Waals surface area contributed by atoms with E-state index in [0.29, 0.717) is 16.6 Å². The van der Waals surface area contributed by atoms with Crippen molar-refractivity contribution in [3.05, 3.63) is 40.1 Å². The third-order valence-electron chi connectivity index (χ3n) is 2.56. The highest BCUT2D eigenvalue weighted by atomic mass is 32.2. The molecule has 2 N–H and O–H groups in total. The summed E-state index contributed by atoms with van der Waals surface area (Å²) >= 11 is 1.33. The summed E-state index contributed by atoms with van der Waals surface area (Å²) in [5.41, 5.74) is 0.377. The molecule has 0 aliphatic heterocycles. The first kappa shape index (κ1) is 14.3. The molecule has 0 bridgehead atoms. The maximum atomic E-state index is 11.6. The van der Waals surface area contributed by atoms with Gasteiger partial charge in [-0.25, -0.2) is 19.7 Å². The maximum absolute atomic E-state index is 11.6.